The molecule has 0 aliphatic heterocycles. The second-order valence-electron chi connectivity index (χ2n) is 4.42. The van der Waals surface area contributed by atoms with Crippen molar-refractivity contribution in [1.29, 1.82) is 0 Å². The van der Waals surface area contributed by atoms with E-state index in [1.54, 1.807) is 6.92 Å². The van der Waals surface area contributed by atoms with Gasteiger partial charge in [0.2, 0.25) is 0 Å². The van der Waals surface area contributed by atoms with Crippen LogP contribution in [-0.2, 0) is 19.8 Å². The van der Waals surface area contributed by atoms with Crippen molar-refractivity contribution in [3.63, 3.8) is 0 Å². The lowest BCUT2D eigenvalue weighted by Crippen LogP contribution is -2.47. The summed E-state index contributed by atoms with van der Waals surface area (Å²) >= 11 is 0. The minimum atomic E-state index is -1.13. The Balaban J connectivity index is 2.81. The number of ether oxygens (including phenoxy) is 2. The minimum absolute atomic E-state index is 0.320. The van der Waals surface area contributed by atoms with Crippen molar-refractivity contribution in [3.05, 3.63) is 35.9 Å². The number of carbonyl (C=O) groups is 1. The Labute approximate surface area is 114 Å². The quantitative estimate of drug-likeness (QED) is 0.578. The summed E-state index contributed by atoms with van der Waals surface area (Å²) in [5.41, 5.74) is 5.90. The molecule has 0 fully saturated rings. The first kappa shape index (κ1) is 15.7. The molecule has 1 atom stereocenters. The van der Waals surface area contributed by atoms with Gasteiger partial charge in [-0.1, -0.05) is 37.3 Å². The van der Waals surface area contributed by atoms with Gasteiger partial charge in [-0.05, 0) is 18.9 Å². The lowest BCUT2D eigenvalue weighted by atomic mass is 9.88. The summed E-state index contributed by atoms with van der Waals surface area (Å²) in [7, 11) is 0. The molecule has 1 aromatic carbocycles. The van der Waals surface area contributed by atoms with Gasteiger partial charge >= 0.3 is 5.97 Å². The Bertz CT molecular complexity index is 380. The summed E-state index contributed by atoms with van der Waals surface area (Å²) in [5, 5.41) is 0. The number of hydrogen-bond donors (Lipinski definition) is 1. The van der Waals surface area contributed by atoms with Crippen molar-refractivity contribution < 1.29 is 14.3 Å². The normalized spacial score (nSPS) is 13.8. The molecule has 1 unspecified atom stereocenters. The molecule has 2 N–H and O–H groups in total. The molecule has 19 heavy (non-hydrogen) atoms. The molecule has 106 valence electrons. The van der Waals surface area contributed by atoms with Crippen molar-refractivity contribution in [1.82, 2.24) is 0 Å². The predicted octanol–water partition coefficient (Wildman–Crippen LogP) is 2.22. The maximum Gasteiger partial charge on any atom is 0.330 e. The van der Waals surface area contributed by atoms with E-state index in [-0.39, 0.29) is 0 Å². The van der Waals surface area contributed by atoms with E-state index >= 15 is 0 Å². The van der Waals surface area contributed by atoms with E-state index in [9.17, 15) is 4.79 Å². The highest BCUT2D eigenvalue weighted by atomic mass is 16.5. The van der Waals surface area contributed by atoms with Crippen molar-refractivity contribution in [3.8, 4) is 0 Å². The maximum atomic E-state index is 12.1. The third-order valence-corrected chi connectivity index (χ3v) is 2.92. The molecule has 0 heterocycles. The first-order chi connectivity index (χ1) is 9.15. The molecule has 1 aromatic rings. The van der Waals surface area contributed by atoms with E-state index in [0.29, 0.717) is 26.2 Å². The van der Waals surface area contributed by atoms with Crippen LogP contribution in [0.5, 0.6) is 0 Å². The van der Waals surface area contributed by atoms with Crippen molar-refractivity contribution in [2.75, 3.05) is 19.8 Å². The van der Waals surface area contributed by atoms with E-state index in [4.69, 9.17) is 15.2 Å². The van der Waals surface area contributed by atoms with Gasteiger partial charge in [-0.2, -0.15) is 0 Å². The second-order valence-corrected chi connectivity index (χ2v) is 4.42. The lowest BCUT2D eigenvalue weighted by Gasteiger charge is -2.27. The highest BCUT2D eigenvalue weighted by Crippen LogP contribution is 2.24. The minimum Gasteiger partial charge on any atom is -0.464 e. The van der Waals surface area contributed by atoms with E-state index in [1.165, 1.54) is 0 Å². The Morgan fingerprint density at radius 2 is 1.89 bits per heavy atom. The maximum absolute atomic E-state index is 12.1. The van der Waals surface area contributed by atoms with Crippen molar-refractivity contribution in [2.24, 2.45) is 5.73 Å². The zero-order valence-electron chi connectivity index (χ0n) is 11.7. The van der Waals surface area contributed by atoms with Crippen molar-refractivity contribution in [2.45, 2.75) is 32.2 Å². The standard InChI is InChI=1S/C15H23NO3/c1-3-11-18-12-10-15(16,14(17)19-4-2)13-8-6-5-7-9-13/h5-9H,3-4,10-12,16H2,1-2H3. The van der Waals surface area contributed by atoms with Gasteiger partial charge in [0, 0.05) is 19.6 Å². The van der Waals surface area contributed by atoms with Crippen LogP contribution in [-0.4, -0.2) is 25.8 Å². The smallest absolute Gasteiger partial charge is 0.330 e. The Morgan fingerprint density at radius 1 is 1.21 bits per heavy atom. The molecule has 4 nitrogen and oxygen atoms in total. The monoisotopic (exact) mass is 265 g/mol. The summed E-state index contributed by atoms with van der Waals surface area (Å²) in [6, 6.07) is 9.31. The van der Waals surface area contributed by atoms with Gasteiger partial charge in [0.05, 0.1) is 6.61 Å². The SMILES string of the molecule is CCCOCCC(N)(C(=O)OCC)c1ccccc1. The van der Waals surface area contributed by atoms with Gasteiger partial charge < -0.3 is 15.2 Å². The van der Waals surface area contributed by atoms with Gasteiger partial charge in [-0.15, -0.1) is 0 Å². The molecule has 0 spiro atoms. The number of esters is 1. The van der Waals surface area contributed by atoms with Crippen LogP contribution in [0.1, 0.15) is 32.3 Å². The molecular formula is C15H23NO3. The van der Waals surface area contributed by atoms with Gasteiger partial charge in [-0.3, -0.25) is 0 Å². The van der Waals surface area contributed by atoms with Gasteiger partial charge in [0.15, 0.2) is 0 Å². The number of benzene rings is 1. The molecule has 0 aliphatic carbocycles. The average molecular weight is 265 g/mol. The highest BCUT2D eigenvalue weighted by molar-refractivity contribution is 5.82. The third-order valence-electron chi connectivity index (χ3n) is 2.92. The number of hydrogen-bond acceptors (Lipinski definition) is 4. The van der Waals surface area contributed by atoms with Crippen LogP contribution >= 0.6 is 0 Å². The topological polar surface area (TPSA) is 61.5 Å². The third kappa shape index (κ3) is 4.33. The summed E-state index contributed by atoms with van der Waals surface area (Å²) in [4.78, 5) is 12.1. The summed E-state index contributed by atoms with van der Waals surface area (Å²) < 4.78 is 10.5. The van der Waals surface area contributed by atoms with Gasteiger partial charge in [0.1, 0.15) is 5.54 Å². The van der Waals surface area contributed by atoms with E-state index in [2.05, 4.69) is 0 Å². The lowest BCUT2D eigenvalue weighted by molar-refractivity contribution is -0.151. The van der Waals surface area contributed by atoms with Crippen molar-refractivity contribution >= 4 is 5.97 Å². The fourth-order valence-corrected chi connectivity index (χ4v) is 1.84. The number of nitrogens with two attached hydrogens (primary N) is 1. The Kier molecular flexibility index (Phi) is 6.53. The van der Waals surface area contributed by atoms with E-state index in [0.717, 1.165) is 12.0 Å². The molecule has 1 rings (SSSR count). The molecular weight excluding hydrogens is 242 g/mol. The Hall–Kier alpha value is -1.39. The largest absolute Gasteiger partial charge is 0.464 e. The average Bonchev–Trinajstić information content (AvgIpc) is 2.44. The zero-order chi connectivity index (χ0) is 14.1. The van der Waals surface area contributed by atoms with Crippen LogP contribution in [0.25, 0.3) is 0 Å². The van der Waals surface area contributed by atoms with E-state index in [1.807, 2.05) is 37.3 Å². The summed E-state index contributed by atoms with van der Waals surface area (Å²) in [6.07, 6.45) is 1.36. The highest BCUT2D eigenvalue weighted by Gasteiger charge is 2.37. The molecule has 0 aliphatic rings. The predicted molar refractivity (Wildman–Crippen MR) is 74.7 cm³/mol. The number of rotatable bonds is 8. The summed E-state index contributed by atoms with van der Waals surface area (Å²) in [5.74, 6) is -0.402. The zero-order valence-corrected chi connectivity index (χ0v) is 11.7. The first-order valence-corrected chi connectivity index (χ1v) is 6.74. The first-order valence-electron chi connectivity index (χ1n) is 6.74. The van der Waals surface area contributed by atoms with Crippen LogP contribution in [0.15, 0.2) is 30.3 Å². The molecule has 0 amide bonds. The van der Waals surface area contributed by atoms with Gasteiger partial charge in [0.25, 0.3) is 0 Å². The molecule has 0 saturated heterocycles. The second kappa shape index (κ2) is 7.92. The van der Waals surface area contributed by atoms with Crippen LogP contribution < -0.4 is 5.73 Å². The molecule has 0 bridgehead atoms. The van der Waals surface area contributed by atoms with Crippen LogP contribution in [0.4, 0.5) is 0 Å². The molecule has 4 heteroatoms. The van der Waals surface area contributed by atoms with Crippen LogP contribution in [0.3, 0.4) is 0 Å². The fraction of sp³-hybridized carbons (Fsp3) is 0.533. The summed E-state index contributed by atoms with van der Waals surface area (Å²) in [6.45, 7) is 5.25. The molecule has 0 saturated carbocycles. The van der Waals surface area contributed by atoms with Crippen LogP contribution in [0, 0.1) is 0 Å². The Morgan fingerprint density at radius 3 is 2.47 bits per heavy atom. The van der Waals surface area contributed by atoms with Gasteiger partial charge in [-0.25, -0.2) is 4.79 Å². The molecule has 0 radical (unpaired) electrons. The fourth-order valence-electron chi connectivity index (χ4n) is 1.84. The number of carbonyl (C=O) groups excluding carboxylic acids is 1. The van der Waals surface area contributed by atoms with Crippen LogP contribution in [0.2, 0.25) is 0 Å². The molecule has 0 aromatic heterocycles. The van der Waals surface area contributed by atoms with E-state index < -0.39 is 11.5 Å².